The van der Waals surface area contributed by atoms with Crippen molar-refractivity contribution in [1.82, 2.24) is 5.32 Å². The van der Waals surface area contributed by atoms with E-state index < -0.39 is 11.9 Å². The molecule has 1 aromatic rings. The summed E-state index contributed by atoms with van der Waals surface area (Å²) in [7, 11) is 1.19. The first-order valence-electron chi connectivity index (χ1n) is 4.87. The minimum absolute atomic E-state index is 0.183. The average molecular weight is 241 g/mol. The van der Waals surface area contributed by atoms with Gasteiger partial charge in [-0.05, 0) is 11.4 Å². The summed E-state index contributed by atoms with van der Waals surface area (Å²) in [4.78, 5) is 23.3. The monoisotopic (exact) mass is 241 g/mol. The first-order chi connectivity index (χ1) is 7.47. The van der Waals surface area contributed by atoms with Gasteiger partial charge in [-0.25, -0.2) is 4.79 Å². The normalized spacial score (nSPS) is 10.9. The maximum Gasteiger partial charge on any atom is 0.396 e. The van der Waals surface area contributed by atoms with Gasteiger partial charge in [0.15, 0.2) is 0 Å². The molecule has 1 aromatic heterocycles. The molecule has 16 heavy (non-hydrogen) atoms. The minimum atomic E-state index is -0.859. The molecule has 4 nitrogen and oxygen atoms in total. The van der Waals surface area contributed by atoms with Crippen molar-refractivity contribution in [2.75, 3.05) is 13.7 Å². The van der Waals surface area contributed by atoms with Crippen molar-refractivity contribution < 1.29 is 14.3 Å². The van der Waals surface area contributed by atoms with Crippen LogP contribution in [-0.2, 0) is 19.7 Å². The third-order valence-electron chi connectivity index (χ3n) is 2.25. The third kappa shape index (κ3) is 3.06. The van der Waals surface area contributed by atoms with Crippen LogP contribution in [-0.4, -0.2) is 25.5 Å². The Bertz CT molecular complexity index is 371. The van der Waals surface area contributed by atoms with E-state index in [1.54, 1.807) is 11.3 Å². The Labute approximate surface area is 98.6 Å². The lowest BCUT2D eigenvalue weighted by Crippen LogP contribution is -2.40. The summed E-state index contributed by atoms with van der Waals surface area (Å²) in [6.45, 7) is 4.42. The van der Waals surface area contributed by atoms with Crippen molar-refractivity contribution in [3.05, 3.63) is 22.4 Å². The molecular formula is C11H15NO3S. The van der Waals surface area contributed by atoms with Crippen LogP contribution in [0.5, 0.6) is 0 Å². The first kappa shape index (κ1) is 12.7. The van der Waals surface area contributed by atoms with Crippen molar-refractivity contribution in [3.63, 3.8) is 0 Å². The van der Waals surface area contributed by atoms with E-state index in [0.717, 1.165) is 4.88 Å². The Morgan fingerprint density at radius 3 is 2.69 bits per heavy atom. The molecule has 1 rings (SSSR count). The predicted octanol–water partition coefficient (Wildman–Crippen LogP) is 1.31. The van der Waals surface area contributed by atoms with Gasteiger partial charge in [-0.3, -0.25) is 4.79 Å². The number of methoxy groups -OCH3 is 1. The van der Waals surface area contributed by atoms with Crippen LogP contribution < -0.4 is 5.32 Å². The Morgan fingerprint density at radius 2 is 2.19 bits per heavy atom. The number of nitrogens with one attached hydrogen (secondary N) is 1. The van der Waals surface area contributed by atoms with E-state index in [-0.39, 0.29) is 5.41 Å². The molecule has 0 spiro atoms. The van der Waals surface area contributed by atoms with Crippen molar-refractivity contribution in [3.8, 4) is 0 Å². The van der Waals surface area contributed by atoms with Crippen LogP contribution in [0.2, 0.25) is 0 Å². The number of hydrogen-bond donors (Lipinski definition) is 1. The molecule has 0 saturated carbocycles. The van der Waals surface area contributed by atoms with Crippen molar-refractivity contribution in [1.29, 1.82) is 0 Å². The van der Waals surface area contributed by atoms with E-state index in [2.05, 4.69) is 10.1 Å². The summed E-state index contributed by atoms with van der Waals surface area (Å²) in [5, 5.41) is 4.54. The molecule has 1 N–H and O–H groups in total. The lowest BCUT2D eigenvalue weighted by atomic mass is 9.91. The molecule has 0 saturated heterocycles. The van der Waals surface area contributed by atoms with E-state index >= 15 is 0 Å². The van der Waals surface area contributed by atoms with E-state index in [1.807, 2.05) is 31.4 Å². The highest BCUT2D eigenvalue weighted by molar-refractivity contribution is 7.10. The Morgan fingerprint density at radius 1 is 1.50 bits per heavy atom. The summed E-state index contributed by atoms with van der Waals surface area (Å²) in [5.74, 6) is -1.56. The molecule has 0 aliphatic heterocycles. The van der Waals surface area contributed by atoms with Gasteiger partial charge in [0.1, 0.15) is 0 Å². The highest BCUT2D eigenvalue weighted by Crippen LogP contribution is 2.26. The largest absolute Gasteiger partial charge is 0.462 e. The number of rotatable bonds is 3. The summed E-state index contributed by atoms with van der Waals surface area (Å²) in [6.07, 6.45) is 0. The van der Waals surface area contributed by atoms with E-state index in [0.29, 0.717) is 6.54 Å². The number of ether oxygens (including phenoxy) is 1. The molecule has 0 aliphatic carbocycles. The quantitative estimate of drug-likeness (QED) is 0.641. The van der Waals surface area contributed by atoms with Gasteiger partial charge < -0.3 is 10.1 Å². The van der Waals surface area contributed by atoms with Gasteiger partial charge >= 0.3 is 11.9 Å². The molecule has 0 radical (unpaired) electrons. The van der Waals surface area contributed by atoms with Gasteiger partial charge in [-0.1, -0.05) is 19.9 Å². The molecule has 0 aliphatic rings. The summed E-state index contributed by atoms with van der Waals surface area (Å²) >= 11 is 1.63. The Kier molecular flexibility index (Phi) is 4.06. The molecule has 0 fully saturated rings. The van der Waals surface area contributed by atoms with Gasteiger partial charge in [0, 0.05) is 16.8 Å². The molecule has 0 unspecified atom stereocenters. The summed E-state index contributed by atoms with van der Waals surface area (Å²) < 4.78 is 4.32. The SMILES string of the molecule is COC(=O)C(=O)NCC(C)(C)c1cccs1. The lowest BCUT2D eigenvalue weighted by Gasteiger charge is -2.23. The fourth-order valence-corrected chi connectivity index (χ4v) is 2.07. The molecule has 1 amide bonds. The lowest BCUT2D eigenvalue weighted by molar-refractivity contribution is -0.152. The molecule has 0 aromatic carbocycles. The maximum absolute atomic E-state index is 11.2. The number of carbonyl (C=O) groups excluding carboxylic acids is 2. The minimum Gasteiger partial charge on any atom is -0.462 e. The molecular weight excluding hydrogens is 226 g/mol. The fourth-order valence-electron chi connectivity index (χ4n) is 1.22. The zero-order valence-corrected chi connectivity index (χ0v) is 10.4. The molecule has 1 heterocycles. The number of esters is 1. The van der Waals surface area contributed by atoms with Gasteiger partial charge in [0.25, 0.3) is 0 Å². The molecule has 88 valence electrons. The standard InChI is InChI=1S/C11H15NO3S/c1-11(2,8-5-4-6-16-8)7-12-9(13)10(14)15-3/h4-6H,7H2,1-3H3,(H,12,13). The second kappa shape index (κ2) is 5.12. The maximum atomic E-state index is 11.2. The zero-order valence-electron chi connectivity index (χ0n) is 9.57. The van der Waals surface area contributed by atoms with Gasteiger partial charge in [-0.2, -0.15) is 0 Å². The topological polar surface area (TPSA) is 55.4 Å². The highest BCUT2D eigenvalue weighted by atomic mass is 32.1. The van der Waals surface area contributed by atoms with Crippen LogP contribution in [0.3, 0.4) is 0 Å². The Balaban J connectivity index is 2.55. The van der Waals surface area contributed by atoms with Crippen LogP contribution in [0, 0.1) is 0 Å². The van der Waals surface area contributed by atoms with Crippen molar-refractivity contribution in [2.24, 2.45) is 0 Å². The number of carbonyl (C=O) groups is 2. The summed E-state index contributed by atoms with van der Waals surface area (Å²) in [5.41, 5.74) is -0.183. The van der Waals surface area contributed by atoms with E-state index in [4.69, 9.17) is 0 Å². The van der Waals surface area contributed by atoms with E-state index in [9.17, 15) is 9.59 Å². The van der Waals surface area contributed by atoms with Crippen molar-refractivity contribution >= 4 is 23.2 Å². The van der Waals surface area contributed by atoms with Crippen LogP contribution >= 0.6 is 11.3 Å². The van der Waals surface area contributed by atoms with Gasteiger partial charge in [0.2, 0.25) is 0 Å². The third-order valence-corrected chi connectivity index (χ3v) is 3.49. The first-order valence-corrected chi connectivity index (χ1v) is 5.75. The van der Waals surface area contributed by atoms with Crippen molar-refractivity contribution in [2.45, 2.75) is 19.3 Å². The second-order valence-corrected chi connectivity index (χ2v) is 4.98. The summed E-state index contributed by atoms with van der Waals surface area (Å²) in [6, 6.07) is 3.97. The number of amides is 1. The second-order valence-electron chi connectivity index (χ2n) is 4.04. The highest BCUT2D eigenvalue weighted by Gasteiger charge is 2.24. The van der Waals surface area contributed by atoms with Gasteiger partial charge in [-0.15, -0.1) is 11.3 Å². The molecule has 5 heteroatoms. The average Bonchev–Trinajstić information content (AvgIpc) is 2.78. The molecule has 0 bridgehead atoms. The van der Waals surface area contributed by atoms with Crippen LogP contribution in [0.1, 0.15) is 18.7 Å². The smallest absolute Gasteiger partial charge is 0.396 e. The van der Waals surface area contributed by atoms with Crippen LogP contribution in [0.15, 0.2) is 17.5 Å². The van der Waals surface area contributed by atoms with Gasteiger partial charge in [0.05, 0.1) is 7.11 Å². The predicted molar refractivity (Wildman–Crippen MR) is 62.4 cm³/mol. The van der Waals surface area contributed by atoms with Crippen LogP contribution in [0.25, 0.3) is 0 Å². The molecule has 0 atom stereocenters. The fraction of sp³-hybridized carbons (Fsp3) is 0.455. The Hall–Kier alpha value is -1.36. The van der Waals surface area contributed by atoms with Crippen LogP contribution in [0.4, 0.5) is 0 Å². The zero-order chi connectivity index (χ0) is 12.2. The van der Waals surface area contributed by atoms with E-state index in [1.165, 1.54) is 7.11 Å². The number of hydrogen-bond acceptors (Lipinski definition) is 4. The number of thiophene rings is 1.